The molecule has 0 aromatic heterocycles. The van der Waals surface area contributed by atoms with E-state index in [2.05, 4.69) is 24.3 Å². The summed E-state index contributed by atoms with van der Waals surface area (Å²) in [6.07, 6.45) is 3.16. The quantitative estimate of drug-likeness (QED) is 0.928. The van der Waals surface area contributed by atoms with Crippen LogP contribution in [0.4, 0.5) is 0 Å². The van der Waals surface area contributed by atoms with Crippen molar-refractivity contribution in [1.82, 2.24) is 0 Å². The maximum absolute atomic E-state index is 5.79. The summed E-state index contributed by atoms with van der Waals surface area (Å²) < 4.78 is 11.1. The monoisotopic (exact) mass is 271 g/mol. The minimum absolute atomic E-state index is 0.484. The second kappa shape index (κ2) is 5.33. The van der Waals surface area contributed by atoms with Gasteiger partial charge in [-0.3, -0.25) is 0 Å². The van der Waals surface area contributed by atoms with Gasteiger partial charge in [0.05, 0.1) is 14.2 Å². The molecule has 0 amide bonds. The molecule has 1 unspecified atom stereocenters. The molecule has 0 saturated heterocycles. The van der Waals surface area contributed by atoms with Crippen molar-refractivity contribution in [2.75, 3.05) is 20.8 Å². The molecule has 0 fully saturated rings. The van der Waals surface area contributed by atoms with Crippen molar-refractivity contribution in [1.29, 1.82) is 0 Å². The first-order valence-corrected chi connectivity index (χ1v) is 7.16. The van der Waals surface area contributed by atoms with Crippen molar-refractivity contribution in [3.05, 3.63) is 35.4 Å². The minimum atomic E-state index is 0.484. The lowest BCUT2D eigenvalue weighted by molar-refractivity contribution is 0.397. The van der Waals surface area contributed by atoms with Gasteiger partial charge in [-0.05, 0) is 54.6 Å². The van der Waals surface area contributed by atoms with E-state index >= 15 is 0 Å². The second-order valence-electron chi connectivity index (χ2n) is 5.34. The summed E-state index contributed by atoms with van der Waals surface area (Å²) in [6.45, 7) is 0.712. The predicted octanol–water partition coefficient (Wildman–Crippen LogP) is 3.24. The van der Waals surface area contributed by atoms with Gasteiger partial charge in [0.15, 0.2) is 0 Å². The van der Waals surface area contributed by atoms with E-state index in [0.29, 0.717) is 12.5 Å². The fourth-order valence-electron chi connectivity index (χ4n) is 3.46. The van der Waals surface area contributed by atoms with Gasteiger partial charge in [0.2, 0.25) is 0 Å². The van der Waals surface area contributed by atoms with Crippen molar-refractivity contribution >= 4 is 10.8 Å². The zero-order valence-corrected chi connectivity index (χ0v) is 12.1. The van der Waals surface area contributed by atoms with E-state index in [1.165, 1.54) is 21.9 Å². The molecule has 1 aliphatic carbocycles. The minimum Gasteiger partial charge on any atom is -0.496 e. The molecule has 3 nitrogen and oxygen atoms in total. The molecule has 1 aliphatic rings. The van der Waals surface area contributed by atoms with Crippen LogP contribution in [0.25, 0.3) is 10.8 Å². The lowest BCUT2D eigenvalue weighted by Gasteiger charge is -2.28. The van der Waals surface area contributed by atoms with E-state index in [1.807, 2.05) is 0 Å². The molecule has 20 heavy (non-hydrogen) atoms. The number of ether oxygens (including phenoxy) is 2. The lowest BCUT2D eigenvalue weighted by Crippen LogP contribution is -2.14. The first kappa shape index (κ1) is 13.3. The Labute approximate surface area is 119 Å². The van der Waals surface area contributed by atoms with Crippen LogP contribution >= 0.6 is 0 Å². The van der Waals surface area contributed by atoms with E-state index in [0.717, 1.165) is 30.8 Å². The molecule has 3 heteroatoms. The Bertz CT molecular complexity index is 631. The van der Waals surface area contributed by atoms with Crippen LogP contribution in [0, 0.1) is 0 Å². The molecule has 0 spiro atoms. The van der Waals surface area contributed by atoms with Crippen LogP contribution in [-0.4, -0.2) is 20.8 Å². The summed E-state index contributed by atoms with van der Waals surface area (Å²) in [5, 5.41) is 2.58. The van der Waals surface area contributed by atoms with Gasteiger partial charge >= 0.3 is 0 Å². The van der Waals surface area contributed by atoms with Crippen LogP contribution in [0.3, 0.4) is 0 Å². The standard InChI is InChI=1S/C17H21NO2/c1-19-14-7-4-11-5-8-15(20-2)17-12(9-10-18)3-6-13(14)16(11)17/h4-5,7-8,12H,3,6,9-10,18H2,1-2H3. The fraction of sp³-hybridized carbons (Fsp3) is 0.412. The Morgan fingerprint density at radius 2 is 1.80 bits per heavy atom. The summed E-state index contributed by atoms with van der Waals surface area (Å²) in [6, 6.07) is 8.40. The van der Waals surface area contributed by atoms with E-state index in [4.69, 9.17) is 15.2 Å². The van der Waals surface area contributed by atoms with Gasteiger partial charge in [-0.1, -0.05) is 12.1 Å². The van der Waals surface area contributed by atoms with E-state index in [1.54, 1.807) is 14.2 Å². The smallest absolute Gasteiger partial charge is 0.122 e. The van der Waals surface area contributed by atoms with Gasteiger partial charge in [0.25, 0.3) is 0 Å². The van der Waals surface area contributed by atoms with Gasteiger partial charge < -0.3 is 15.2 Å². The van der Waals surface area contributed by atoms with Gasteiger partial charge in [0.1, 0.15) is 11.5 Å². The molecule has 0 saturated carbocycles. The Morgan fingerprint density at radius 3 is 2.45 bits per heavy atom. The molecule has 0 radical (unpaired) electrons. The van der Waals surface area contributed by atoms with Crippen LogP contribution in [0.2, 0.25) is 0 Å². The number of rotatable bonds is 4. The zero-order valence-electron chi connectivity index (χ0n) is 12.1. The van der Waals surface area contributed by atoms with Crippen molar-refractivity contribution < 1.29 is 9.47 Å². The van der Waals surface area contributed by atoms with Gasteiger partial charge in [-0.15, -0.1) is 0 Å². The van der Waals surface area contributed by atoms with Crippen molar-refractivity contribution in [2.24, 2.45) is 5.73 Å². The summed E-state index contributed by atoms with van der Waals surface area (Å²) in [5.41, 5.74) is 8.42. The largest absolute Gasteiger partial charge is 0.496 e. The Balaban J connectivity index is 2.32. The molecule has 0 bridgehead atoms. The van der Waals surface area contributed by atoms with Gasteiger partial charge in [0, 0.05) is 11.1 Å². The first-order valence-electron chi connectivity index (χ1n) is 7.16. The molecule has 2 N–H and O–H groups in total. The fourth-order valence-corrected chi connectivity index (χ4v) is 3.46. The molecule has 0 heterocycles. The Kier molecular flexibility index (Phi) is 3.53. The van der Waals surface area contributed by atoms with Crippen molar-refractivity contribution in [3.63, 3.8) is 0 Å². The topological polar surface area (TPSA) is 44.5 Å². The first-order chi connectivity index (χ1) is 9.80. The third kappa shape index (κ3) is 1.93. The molecule has 3 rings (SSSR count). The lowest BCUT2D eigenvalue weighted by atomic mass is 9.79. The second-order valence-corrected chi connectivity index (χ2v) is 5.34. The number of hydrogen-bond donors (Lipinski definition) is 1. The number of methoxy groups -OCH3 is 2. The van der Waals surface area contributed by atoms with Crippen LogP contribution in [0.1, 0.15) is 29.9 Å². The Morgan fingerprint density at radius 1 is 1.10 bits per heavy atom. The third-order valence-corrected chi connectivity index (χ3v) is 4.36. The van der Waals surface area contributed by atoms with Crippen molar-refractivity contribution in [2.45, 2.75) is 25.2 Å². The highest BCUT2D eigenvalue weighted by molar-refractivity contribution is 5.93. The van der Waals surface area contributed by atoms with E-state index in [9.17, 15) is 0 Å². The summed E-state index contributed by atoms with van der Waals surface area (Å²) in [7, 11) is 3.48. The maximum atomic E-state index is 5.79. The molecule has 2 aromatic rings. The van der Waals surface area contributed by atoms with Crippen LogP contribution < -0.4 is 15.2 Å². The summed E-state index contributed by atoms with van der Waals surface area (Å²) >= 11 is 0. The average molecular weight is 271 g/mol. The van der Waals surface area contributed by atoms with Gasteiger partial charge in [-0.2, -0.15) is 0 Å². The third-order valence-electron chi connectivity index (χ3n) is 4.36. The van der Waals surface area contributed by atoms with Crippen LogP contribution in [-0.2, 0) is 6.42 Å². The highest BCUT2D eigenvalue weighted by Crippen LogP contribution is 2.45. The van der Waals surface area contributed by atoms with Crippen molar-refractivity contribution in [3.8, 4) is 11.5 Å². The van der Waals surface area contributed by atoms with Crippen LogP contribution in [0.5, 0.6) is 11.5 Å². The molecule has 2 aromatic carbocycles. The number of aryl methyl sites for hydroxylation is 1. The summed E-state index contributed by atoms with van der Waals surface area (Å²) in [4.78, 5) is 0. The Hall–Kier alpha value is -1.74. The average Bonchev–Trinajstić information content (AvgIpc) is 2.50. The number of hydrogen-bond acceptors (Lipinski definition) is 3. The van der Waals surface area contributed by atoms with E-state index < -0.39 is 0 Å². The molecule has 1 atom stereocenters. The van der Waals surface area contributed by atoms with Gasteiger partial charge in [-0.25, -0.2) is 0 Å². The predicted molar refractivity (Wildman–Crippen MR) is 81.8 cm³/mol. The summed E-state index contributed by atoms with van der Waals surface area (Å²) in [5.74, 6) is 2.45. The molecular weight excluding hydrogens is 250 g/mol. The molecule has 106 valence electrons. The van der Waals surface area contributed by atoms with E-state index in [-0.39, 0.29) is 0 Å². The normalized spacial score (nSPS) is 17.2. The molecule has 0 aliphatic heterocycles. The highest BCUT2D eigenvalue weighted by Gasteiger charge is 2.26. The van der Waals surface area contributed by atoms with Crippen LogP contribution in [0.15, 0.2) is 24.3 Å². The highest BCUT2D eigenvalue weighted by atomic mass is 16.5. The SMILES string of the molecule is COc1ccc2ccc(OC)c3c2c1CCC3CCN. The number of nitrogens with two attached hydrogens (primary N) is 1. The molecular formula is C17H21NO2. The number of benzene rings is 2. The zero-order chi connectivity index (χ0) is 14.1. The maximum Gasteiger partial charge on any atom is 0.122 e.